The monoisotopic (exact) mass is 290 g/mol. The number of nitrogens with two attached hydrogens (primary N) is 1. The van der Waals surface area contributed by atoms with Crippen molar-refractivity contribution in [1.82, 2.24) is 0 Å². The maximum atomic E-state index is 13.0. The van der Waals surface area contributed by atoms with Crippen LogP contribution in [0.25, 0.3) is 0 Å². The zero-order valence-corrected chi connectivity index (χ0v) is 11.4. The Morgan fingerprint density at radius 1 is 1.10 bits per heavy atom. The summed E-state index contributed by atoms with van der Waals surface area (Å²) in [5.74, 6) is -1.79. The molecule has 0 fully saturated rings. The Morgan fingerprint density at radius 2 is 1.71 bits per heavy atom. The van der Waals surface area contributed by atoms with E-state index < -0.39 is 11.6 Å². The highest BCUT2D eigenvalue weighted by molar-refractivity contribution is 5.90. The van der Waals surface area contributed by atoms with Crippen LogP contribution >= 0.6 is 0 Å². The molecule has 0 saturated carbocycles. The average Bonchev–Trinajstić information content (AvgIpc) is 2.44. The van der Waals surface area contributed by atoms with Gasteiger partial charge in [0.05, 0.1) is 0 Å². The lowest BCUT2D eigenvalue weighted by molar-refractivity contribution is -0.116. The maximum absolute atomic E-state index is 13.0. The number of nitrogens with one attached hydrogen (secondary N) is 1. The molecule has 0 spiro atoms. The van der Waals surface area contributed by atoms with Gasteiger partial charge in [-0.15, -0.1) is 0 Å². The largest absolute Gasteiger partial charge is 0.326 e. The van der Waals surface area contributed by atoms with E-state index in [-0.39, 0.29) is 24.1 Å². The molecule has 21 heavy (non-hydrogen) atoms. The number of benzene rings is 2. The molecule has 3 nitrogen and oxygen atoms in total. The molecule has 0 saturated heterocycles. The summed E-state index contributed by atoms with van der Waals surface area (Å²) in [5, 5.41) is 2.46. The number of carbonyl (C=O) groups excluding carboxylic acids is 1. The molecule has 0 bridgehead atoms. The van der Waals surface area contributed by atoms with Gasteiger partial charge in [0, 0.05) is 24.2 Å². The SMILES string of the molecule is NC(CCC(=O)Nc1cc(F)cc(F)c1)c1ccccc1. The predicted molar refractivity (Wildman–Crippen MR) is 77.6 cm³/mol. The predicted octanol–water partition coefficient (Wildman–Crippen LogP) is 3.38. The van der Waals surface area contributed by atoms with E-state index in [4.69, 9.17) is 5.73 Å². The molecule has 0 heterocycles. The molecule has 0 aliphatic heterocycles. The minimum Gasteiger partial charge on any atom is -0.326 e. The van der Waals surface area contributed by atoms with Crippen molar-refractivity contribution >= 4 is 11.6 Å². The highest BCUT2D eigenvalue weighted by atomic mass is 19.1. The van der Waals surface area contributed by atoms with Crippen LogP contribution in [0.1, 0.15) is 24.4 Å². The van der Waals surface area contributed by atoms with Gasteiger partial charge in [-0.1, -0.05) is 30.3 Å². The van der Waals surface area contributed by atoms with E-state index >= 15 is 0 Å². The third kappa shape index (κ3) is 4.65. The second-order valence-corrected chi connectivity index (χ2v) is 4.76. The van der Waals surface area contributed by atoms with E-state index in [2.05, 4.69) is 5.32 Å². The third-order valence-corrected chi connectivity index (χ3v) is 3.06. The van der Waals surface area contributed by atoms with E-state index in [1.807, 2.05) is 30.3 Å². The molecule has 1 unspecified atom stereocenters. The first kappa shape index (κ1) is 15.1. The van der Waals surface area contributed by atoms with Gasteiger partial charge in [-0.25, -0.2) is 8.78 Å². The van der Waals surface area contributed by atoms with E-state index in [1.165, 1.54) is 0 Å². The number of hydrogen-bond acceptors (Lipinski definition) is 2. The van der Waals surface area contributed by atoms with Crippen molar-refractivity contribution in [3.05, 3.63) is 65.7 Å². The average molecular weight is 290 g/mol. The zero-order chi connectivity index (χ0) is 15.2. The van der Waals surface area contributed by atoms with Gasteiger partial charge in [0.25, 0.3) is 0 Å². The lowest BCUT2D eigenvalue weighted by Crippen LogP contribution is -2.16. The first-order chi connectivity index (χ1) is 10.0. The molecule has 3 N–H and O–H groups in total. The minimum atomic E-state index is -0.730. The summed E-state index contributed by atoms with van der Waals surface area (Å²) in [6.45, 7) is 0. The van der Waals surface area contributed by atoms with Crippen LogP contribution in [0.3, 0.4) is 0 Å². The van der Waals surface area contributed by atoms with Crippen molar-refractivity contribution in [2.45, 2.75) is 18.9 Å². The maximum Gasteiger partial charge on any atom is 0.224 e. The van der Waals surface area contributed by atoms with Gasteiger partial charge in [0.2, 0.25) is 5.91 Å². The van der Waals surface area contributed by atoms with Gasteiger partial charge in [-0.3, -0.25) is 4.79 Å². The van der Waals surface area contributed by atoms with Crippen LogP contribution in [-0.4, -0.2) is 5.91 Å². The molecule has 1 amide bonds. The summed E-state index contributed by atoms with van der Waals surface area (Å²) in [6, 6.07) is 12.1. The Morgan fingerprint density at radius 3 is 2.33 bits per heavy atom. The quantitative estimate of drug-likeness (QED) is 0.887. The molecule has 2 rings (SSSR count). The Labute approximate surface area is 121 Å². The lowest BCUT2D eigenvalue weighted by Gasteiger charge is -2.12. The minimum absolute atomic E-state index is 0.103. The normalized spacial score (nSPS) is 12.0. The Kier molecular flexibility index (Phi) is 5.00. The summed E-state index contributed by atoms with van der Waals surface area (Å²) in [5.41, 5.74) is 7.03. The lowest BCUT2D eigenvalue weighted by atomic mass is 10.0. The molecule has 2 aromatic rings. The van der Waals surface area contributed by atoms with Crippen LogP contribution in [0.4, 0.5) is 14.5 Å². The second-order valence-electron chi connectivity index (χ2n) is 4.76. The first-order valence-corrected chi connectivity index (χ1v) is 6.61. The van der Waals surface area contributed by atoms with Crippen molar-refractivity contribution in [3.63, 3.8) is 0 Å². The summed E-state index contributed by atoms with van der Waals surface area (Å²) < 4.78 is 26.0. The molecule has 110 valence electrons. The van der Waals surface area contributed by atoms with Gasteiger partial charge in [0.1, 0.15) is 11.6 Å². The van der Waals surface area contributed by atoms with Gasteiger partial charge in [-0.2, -0.15) is 0 Å². The standard InChI is InChI=1S/C16H16F2N2O/c17-12-8-13(18)10-14(9-12)20-16(21)7-6-15(19)11-4-2-1-3-5-11/h1-5,8-10,15H,6-7,19H2,(H,20,21). The van der Waals surface area contributed by atoms with E-state index in [1.54, 1.807) is 0 Å². The number of anilines is 1. The molecule has 1 atom stereocenters. The summed E-state index contributed by atoms with van der Waals surface area (Å²) >= 11 is 0. The van der Waals surface area contributed by atoms with Crippen LogP contribution in [0, 0.1) is 11.6 Å². The molecule has 0 aliphatic rings. The molecule has 5 heteroatoms. The van der Waals surface area contributed by atoms with E-state index in [9.17, 15) is 13.6 Å². The van der Waals surface area contributed by atoms with Gasteiger partial charge < -0.3 is 11.1 Å². The number of carbonyl (C=O) groups is 1. The van der Waals surface area contributed by atoms with Crippen LogP contribution in [0.5, 0.6) is 0 Å². The zero-order valence-electron chi connectivity index (χ0n) is 11.4. The fourth-order valence-electron chi connectivity index (χ4n) is 2.00. The number of rotatable bonds is 5. The Balaban J connectivity index is 1.87. The number of halogens is 2. The second kappa shape index (κ2) is 6.95. The number of hydrogen-bond donors (Lipinski definition) is 2. The summed E-state index contributed by atoms with van der Waals surface area (Å²) in [6.07, 6.45) is 0.627. The first-order valence-electron chi connectivity index (χ1n) is 6.61. The molecule has 0 aromatic heterocycles. The summed E-state index contributed by atoms with van der Waals surface area (Å²) in [4.78, 5) is 11.8. The van der Waals surface area contributed by atoms with Crippen LogP contribution < -0.4 is 11.1 Å². The number of amides is 1. The fraction of sp³-hybridized carbons (Fsp3) is 0.188. The molecule has 2 aromatic carbocycles. The highest BCUT2D eigenvalue weighted by Crippen LogP contribution is 2.17. The summed E-state index contributed by atoms with van der Waals surface area (Å²) in [7, 11) is 0. The molecule has 0 aliphatic carbocycles. The van der Waals surface area contributed by atoms with Crippen molar-refractivity contribution in [3.8, 4) is 0 Å². The van der Waals surface area contributed by atoms with Gasteiger partial charge in [0.15, 0.2) is 0 Å². The Hall–Kier alpha value is -2.27. The third-order valence-electron chi connectivity index (χ3n) is 3.06. The van der Waals surface area contributed by atoms with E-state index in [0.29, 0.717) is 6.42 Å². The van der Waals surface area contributed by atoms with E-state index in [0.717, 1.165) is 23.8 Å². The Bertz CT molecular complexity index is 597. The van der Waals surface area contributed by atoms with Crippen LogP contribution in [0.2, 0.25) is 0 Å². The van der Waals surface area contributed by atoms with Crippen LogP contribution in [0.15, 0.2) is 48.5 Å². The fourth-order valence-corrected chi connectivity index (χ4v) is 2.00. The molecular formula is C16H16F2N2O. The van der Waals surface area contributed by atoms with Crippen molar-refractivity contribution in [1.29, 1.82) is 0 Å². The van der Waals surface area contributed by atoms with Crippen LogP contribution in [-0.2, 0) is 4.79 Å². The molecule has 0 radical (unpaired) electrons. The van der Waals surface area contributed by atoms with Gasteiger partial charge >= 0.3 is 0 Å². The van der Waals surface area contributed by atoms with Crippen molar-refractivity contribution < 1.29 is 13.6 Å². The topological polar surface area (TPSA) is 55.1 Å². The van der Waals surface area contributed by atoms with Crippen molar-refractivity contribution in [2.75, 3.05) is 5.32 Å². The smallest absolute Gasteiger partial charge is 0.224 e. The highest BCUT2D eigenvalue weighted by Gasteiger charge is 2.10. The van der Waals surface area contributed by atoms with Gasteiger partial charge in [-0.05, 0) is 24.1 Å². The molecular weight excluding hydrogens is 274 g/mol. The van der Waals surface area contributed by atoms with Crippen molar-refractivity contribution in [2.24, 2.45) is 5.73 Å².